The second kappa shape index (κ2) is 8.19. The first kappa shape index (κ1) is 20.2. The molecule has 0 radical (unpaired) electrons. The molecule has 1 aromatic carbocycles. The van der Waals surface area contributed by atoms with E-state index >= 15 is 0 Å². The van der Waals surface area contributed by atoms with Crippen molar-refractivity contribution < 1.29 is 37.9 Å². The molecule has 0 fully saturated rings. The van der Waals surface area contributed by atoms with E-state index in [0.29, 0.717) is 0 Å². The van der Waals surface area contributed by atoms with Crippen LogP contribution in [0.2, 0.25) is 0 Å². The highest BCUT2D eigenvalue weighted by molar-refractivity contribution is 6.28. The lowest BCUT2D eigenvalue weighted by Gasteiger charge is -2.11. The number of hydrogen-bond donors (Lipinski definition) is 1. The largest absolute Gasteiger partial charge is 0.462 e. The normalized spacial score (nSPS) is 13.3. The van der Waals surface area contributed by atoms with Crippen molar-refractivity contribution in [3.63, 3.8) is 0 Å². The van der Waals surface area contributed by atoms with Gasteiger partial charge in [0.2, 0.25) is 11.6 Å². The molecule has 0 unspecified atom stereocenters. The molecule has 0 saturated heterocycles. The van der Waals surface area contributed by atoms with E-state index in [1.54, 1.807) is 12.1 Å². The standard InChI is InChI=1S/C20H17NO8/c1-10(21)20(26)28-7-6-27-16(23)9-14(22)15-8-13-17(24)11-4-2-3-5-12(11)18(25)19(13)29-15/h2-5,8,10H,6-7,9,21H2,1H3/t10-/m0/s1. The van der Waals surface area contributed by atoms with Crippen LogP contribution < -0.4 is 5.73 Å². The Kier molecular flexibility index (Phi) is 5.69. The van der Waals surface area contributed by atoms with Crippen LogP contribution in [0.25, 0.3) is 0 Å². The molecule has 1 atom stereocenters. The Labute approximate surface area is 164 Å². The van der Waals surface area contributed by atoms with Gasteiger partial charge in [-0.25, -0.2) is 0 Å². The van der Waals surface area contributed by atoms with Crippen LogP contribution in [0.1, 0.15) is 55.9 Å². The van der Waals surface area contributed by atoms with Crippen LogP contribution in [0.15, 0.2) is 34.7 Å². The van der Waals surface area contributed by atoms with E-state index < -0.39 is 41.8 Å². The molecule has 0 aliphatic heterocycles. The van der Waals surface area contributed by atoms with Gasteiger partial charge in [0.1, 0.15) is 25.7 Å². The van der Waals surface area contributed by atoms with Gasteiger partial charge in [-0.15, -0.1) is 0 Å². The van der Waals surface area contributed by atoms with E-state index in [4.69, 9.17) is 19.6 Å². The summed E-state index contributed by atoms with van der Waals surface area (Å²) in [6.07, 6.45) is -0.664. The number of rotatable bonds is 7. The Bertz CT molecular complexity index is 965. The van der Waals surface area contributed by atoms with Gasteiger partial charge in [0, 0.05) is 11.1 Å². The minimum absolute atomic E-state index is 0.0202. The van der Waals surface area contributed by atoms with Crippen LogP contribution in [0.3, 0.4) is 0 Å². The molecular formula is C20H17NO8. The number of carbonyl (C=O) groups excluding carboxylic acids is 5. The highest BCUT2D eigenvalue weighted by atomic mass is 16.6. The van der Waals surface area contributed by atoms with Crippen LogP contribution in [0, 0.1) is 0 Å². The molecule has 2 aromatic rings. The van der Waals surface area contributed by atoms with Crippen LogP contribution >= 0.6 is 0 Å². The summed E-state index contributed by atoms with van der Waals surface area (Å²) in [7, 11) is 0. The highest BCUT2D eigenvalue weighted by Gasteiger charge is 2.34. The molecule has 1 aromatic heterocycles. The molecule has 150 valence electrons. The summed E-state index contributed by atoms with van der Waals surface area (Å²) in [6, 6.07) is 6.62. The first-order chi connectivity index (χ1) is 13.8. The molecule has 29 heavy (non-hydrogen) atoms. The van der Waals surface area contributed by atoms with E-state index in [9.17, 15) is 24.0 Å². The summed E-state index contributed by atoms with van der Waals surface area (Å²) >= 11 is 0. The maximum absolute atomic E-state index is 12.5. The van der Waals surface area contributed by atoms with Gasteiger partial charge >= 0.3 is 11.9 Å². The van der Waals surface area contributed by atoms with E-state index in [0.717, 1.165) is 6.07 Å². The summed E-state index contributed by atoms with van der Waals surface area (Å²) in [5.41, 5.74) is 5.71. The molecule has 0 bridgehead atoms. The van der Waals surface area contributed by atoms with Gasteiger partial charge < -0.3 is 19.6 Å². The van der Waals surface area contributed by atoms with Crippen molar-refractivity contribution in [2.75, 3.05) is 13.2 Å². The van der Waals surface area contributed by atoms with Gasteiger partial charge in [0.15, 0.2) is 17.3 Å². The molecule has 9 heteroatoms. The van der Waals surface area contributed by atoms with Gasteiger partial charge in [0.25, 0.3) is 0 Å². The van der Waals surface area contributed by atoms with Gasteiger partial charge in [-0.2, -0.15) is 0 Å². The summed E-state index contributed by atoms with van der Waals surface area (Å²) in [6.45, 7) is 1.01. The van der Waals surface area contributed by atoms with Crippen molar-refractivity contribution in [1.82, 2.24) is 0 Å². The van der Waals surface area contributed by atoms with Crippen molar-refractivity contribution in [1.29, 1.82) is 0 Å². The van der Waals surface area contributed by atoms with Gasteiger partial charge in [-0.3, -0.25) is 24.0 Å². The highest BCUT2D eigenvalue weighted by Crippen LogP contribution is 2.30. The second-order valence-electron chi connectivity index (χ2n) is 6.33. The Morgan fingerprint density at radius 2 is 1.62 bits per heavy atom. The van der Waals surface area contributed by atoms with Crippen LogP contribution in [0.4, 0.5) is 0 Å². The predicted octanol–water partition coefficient (Wildman–Crippen LogP) is 1.06. The maximum Gasteiger partial charge on any atom is 0.322 e. The summed E-state index contributed by atoms with van der Waals surface area (Å²) < 4.78 is 14.8. The van der Waals surface area contributed by atoms with Crippen molar-refractivity contribution in [2.45, 2.75) is 19.4 Å². The Balaban J connectivity index is 1.62. The van der Waals surface area contributed by atoms with Crippen molar-refractivity contribution in [3.8, 4) is 0 Å². The summed E-state index contributed by atoms with van der Waals surface area (Å²) in [5.74, 6) is -3.72. The zero-order valence-electron chi connectivity index (χ0n) is 15.4. The van der Waals surface area contributed by atoms with E-state index in [1.165, 1.54) is 19.1 Å². The quantitative estimate of drug-likeness (QED) is 0.267. The predicted molar refractivity (Wildman–Crippen MR) is 96.5 cm³/mol. The number of nitrogens with two attached hydrogens (primary N) is 1. The van der Waals surface area contributed by atoms with E-state index in [1.807, 2.05) is 0 Å². The van der Waals surface area contributed by atoms with Gasteiger partial charge in [-0.1, -0.05) is 24.3 Å². The number of Topliss-reactive ketones (excluding diaryl/α,β-unsaturated/α-hetero) is 1. The third kappa shape index (κ3) is 4.14. The van der Waals surface area contributed by atoms with Crippen LogP contribution in [0.5, 0.6) is 0 Å². The molecule has 1 aliphatic carbocycles. The molecule has 0 saturated carbocycles. The second-order valence-corrected chi connectivity index (χ2v) is 6.33. The number of hydrogen-bond acceptors (Lipinski definition) is 9. The Morgan fingerprint density at radius 3 is 2.28 bits per heavy atom. The minimum atomic E-state index is -0.873. The minimum Gasteiger partial charge on any atom is -0.462 e. The average Bonchev–Trinajstić information content (AvgIpc) is 3.15. The molecule has 0 spiro atoms. The number of esters is 2. The fourth-order valence-electron chi connectivity index (χ4n) is 2.71. The lowest BCUT2D eigenvalue weighted by Crippen LogP contribution is -2.29. The zero-order chi connectivity index (χ0) is 21.1. The number of ketones is 3. The fourth-order valence-corrected chi connectivity index (χ4v) is 2.71. The number of ether oxygens (including phenoxy) is 2. The van der Waals surface area contributed by atoms with Crippen LogP contribution in [-0.2, 0) is 19.1 Å². The smallest absolute Gasteiger partial charge is 0.322 e. The monoisotopic (exact) mass is 399 g/mol. The van der Waals surface area contributed by atoms with Crippen molar-refractivity contribution in [2.24, 2.45) is 5.73 Å². The third-order valence-electron chi connectivity index (χ3n) is 4.14. The summed E-state index contributed by atoms with van der Waals surface area (Å²) in [5, 5.41) is 0. The lowest BCUT2D eigenvalue weighted by molar-refractivity contribution is -0.152. The first-order valence-corrected chi connectivity index (χ1v) is 8.73. The Hall–Kier alpha value is -3.59. The average molecular weight is 399 g/mol. The number of benzene rings is 1. The van der Waals surface area contributed by atoms with E-state index in [-0.39, 0.29) is 41.4 Å². The van der Waals surface area contributed by atoms with E-state index in [2.05, 4.69) is 0 Å². The number of carbonyl (C=O) groups is 5. The van der Waals surface area contributed by atoms with Crippen LogP contribution in [-0.4, -0.2) is 48.5 Å². The molecule has 3 rings (SSSR count). The zero-order valence-corrected chi connectivity index (χ0v) is 15.4. The first-order valence-electron chi connectivity index (χ1n) is 8.73. The topological polar surface area (TPSA) is 143 Å². The maximum atomic E-state index is 12.5. The molecular weight excluding hydrogens is 382 g/mol. The molecule has 1 heterocycles. The van der Waals surface area contributed by atoms with Gasteiger partial charge in [0.05, 0.1) is 5.56 Å². The number of fused-ring (bicyclic) bond motifs is 2. The SMILES string of the molecule is C[C@H](N)C(=O)OCCOC(=O)CC(=O)c1cc2c(o1)C(=O)c1ccccc1C2=O. The Morgan fingerprint density at radius 1 is 1.00 bits per heavy atom. The fraction of sp³-hybridized carbons (Fsp3) is 0.250. The molecule has 0 amide bonds. The van der Waals surface area contributed by atoms with Crippen molar-refractivity contribution in [3.05, 3.63) is 58.5 Å². The molecule has 9 nitrogen and oxygen atoms in total. The molecule has 1 aliphatic rings. The number of furan rings is 1. The lowest BCUT2D eigenvalue weighted by atomic mass is 9.88. The third-order valence-corrected chi connectivity index (χ3v) is 4.14. The van der Waals surface area contributed by atoms with Gasteiger partial charge in [-0.05, 0) is 13.0 Å². The summed E-state index contributed by atoms with van der Waals surface area (Å²) in [4.78, 5) is 60.2. The molecule has 2 N–H and O–H groups in total. The van der Waals surface area contributed by atoms with Crippen molar-refractivity contribution >= 4 is 29.3 Å².